The van der Waals surface area contributed by atoms with Crippen LogP contribution in [0, 0.1) is 23.2 Å². The number of aliphatic hydroxyl groups is 2. The highest BCUT2D eigenvalue weighted by Crippen LogP contribution is 2.59. The molecular weight excluding hydrogens is 428 g/mol. The first-order valence-electron chi connectivity index (χ1n) is 12.8. The minimum absolute atomic E-state index is 0.295. The highest BCUT2D eigenvalue weighted by atomic mass is 32.1. The third kappa shape index (κ3) is 5.28. The highest BCUT2D eigenvalue weighted by Gasteiger charge is 2.50. The molecule has 0 radical (unpaired) electrons. The second kappa shape index (κ2) is 10.4. The molecule has 0 saturated heterocycles. The molecule has 1 aromatic heterocycles. The van der Waals surface area contributed by atoms with Gasteiger partial charge in [0.1, 0.15) is 0 Å². The normalized spacial score (nSPS) is 35.7. The zero-order chi connectivity index (χ0) is 23.6. The van der Waals surface area contributed by atoms with Gasteiger partial charge in [-0.25, -0.2) is 0 Å². The number of fused-ring (bicyclic) bond motifs is 1. The van der Waals surface area contributed by atoms with Crippen LogP contribution in [0.4, 0.5) is 0 Å². The van der Waals surface area contributed by atoms with Gasteiger partial charge in [-0.2, -0.15) is 0 Å². The molecule has 3 saturated carbocycles. The summed E-state index contributed by atoms with van der Waals surface area (Å²) in [4.78, 5) is 13.3. The molecule has 0 unspecified atom stereocenters. The van der Waals surface area contributed by atoms with Crippen molar-refractivity contribution >= 4 is 17.1 Å². The van der Waals surface area contributed by atoms with E-state index in [-0.39, 0.29) is 0 Å². The lowest BCUT2D eigenvalue weighted by atomic mass is 9.60. The zero-order valence-corrected chi connectivity index (χ0v) is 21.1. The van der Waals surface area contributed by atoms with Gasteiger partial charge in [-0.15, -0.1) is 11.3 Å². The van der Waals surface area contributed by atoms with Gasteiger partial charge < -0.3 is 10.2 Å². The van der Waals surface area contributed by atoms with E-state index in [1.807, 2.05) is 17.5 Å². The Hall–Kier alpha value is -1.49. The number of ketones is 1. The predicted octanol–water partition coefficient (Wildman–Crippen LogP) is 6.88. The molecule has 180 valence electrons. The third-order valence-electron chi connectivity index (χ3n) is 8.85. The van der Waals surface area contributed by atoms with Gasteiger partial charge in [-0.1, -0.05) is 44.2 Å². The molecule has 3 aliphatic carbocycles. The van der Waals surface area contributed by atoms with Crippen LogP contribution in [0.5, 0.6) is 0 Å². The van der Waals surface area contributed by atoms with Crippen LogP contribution in [-0.4, -0.2) is 28.2 Å². The maximum absolute atomic E-state index is 12.4. The second-order valence-corrected chi connectivity index (χ2v) is 11.9. The number of aliphatic hydroxyl groups excluding tert-OH is 2. The highest BCUT2D eigenvalue weighted by molar-refractivity contribution is 7.12. The fraction of sp³-hybridized carbons (Fsp3) is 0.621. The number of allylic oxidation sites excluding steroid dienone is 3. The molecule has 4 heteroatoms. The summed E-state index contributed by atoms with van der Waals surface area (Å²) < 4.78 is 0. The molecule has 3 aliphatic rings. The summed E-state index contributed by atoms with van der Waals surface area (Å²) in [5.41, 5.74) is 3.65. The van der Waals surface area contributed by atoms with Crippen molar-refractivity contribution in [3.05, 3.63) is 57.8 Å². The van der Waals surface area contributed by atoms with E-state index in [0.717, 1.165) is 35.3 Å². The summed E-state index contributed by atoms with van der Waals surface area (Å²) in [6, 6.07) is 3.90. The summed E-state index contributed by atoms with van der Waals surface area (Å²) in [6.45, 7) is 8.98. The number of carbonyl (C=O) groups is 1. The number of thiophene rings is 1. The summed E-state index contributed by atoms with van der Waals surface area (Å²) in [5, 5.41) is 22.2. The lowest BCUT2D eigenvalue weighted by Gasteiger charge is -2.44. The minimum Gasteiger partial charge on any atom is -0.393 e. The molecule has 4 rings (SSSR count). The van der Waals surface area contributed by atoms with E-state index < -0.39 is 12.2 Å². The fourth-order valence-corrected chi connectivity index (χ4v) is 7.72. The standard InChI is InChI=1S/C29H40O3S/c1-19(7-4-9-26(31)28-10-6-16-33-28)24-13-14-25-21(8-5-15-29(24,25)3)11-12-22-17-23(30)18-27(32)20(22)2/h6,10-12,16,19,23-25,27,30,32H,2,4-5,7-9,13-15,17-18H2,1,3H3/b21-11+,22-12-/t19-,23+,24+,25-,27-,29+/m0/s1. The molecule has 6 atom stereocenters. The molecule has 0 amide bonds. The second-order valence-electron chi connectivity index (χ2n) is 10.9. The molecule has 0 aliphatic heterocycles. The molecule has 0 aromatic carbocycles. The Bertz CT molecular complexity index is 911. The zero-order valence-electron chi connectivity index (χ0n) is 20.3. The van der Waals surface area contributed by atoms with Crippen LogP contribution in [0.1, 0.15) is 87.7 Å². The molecule has 1 heterocycles. The van der Waals surface area contributed by atoms with Gasteiger partial charge in [-0.05, 0) is 97.1 Å². The monoisotopic (exact) mass is 468 g/mol. The first-order valence-corrected chi connectivity index (χ1v) is 13.7. The van der Waals surface area contributed by atoms with Crippen molar-refractivity contribution in [2.45, 2.75) is 90.3 Å². The minimum atomic E-state index is -0.626. The van der Waals surface area contributed by atoms with Gasteiger partial charge in [0.25, 0.3) is 0 Å². The molecule has 2 N–H and O–H groups in total. The first kappa shape index (κ1) is 24.6. The number of hydrogen-bond acceptors (Lipinski definition) is 4. The van der Waals surface area contributed by atoms with Gasteiger partial charge in [0.15, 0.2) is 5.78 Å². The Morgan fingerprint density at radius 3 is 2.91 bits per heavy atom. The Labute approximate surface area is 203 Å². The van der Waals surface area contributed by atoms with Crippen LogP contribution in [0.3, 0.4) is 0 Å². The molecule has 0 spiro atoms. The van der Waals surface area contributed by atoms with E-state index in [1.54, 1.807) is 16.9 Å². The predicted molar refractivity (Wildman–Crippen MR) is 136 cm³/mol. The van der Waals surface area contributed by atoms with Crippen molar-refractivity contribution in [1.82, 2.24) is 0 Å². The van der Waals surface area contributed by atoms with E-state index in [2.05, 4.69) is 32.6 Å². The first-order chi connectivity index (χ1) is 15.8. The van der Waals surface area contributed by atoms with Crippen LogP contribution in [0.25, 0.3) is 0 Å². The van der Waals surface area contributed by atoms with Gasteiger partial charge in [0.2, 0.25) is 0 Å². The van der Waals surface area contributed by atoms with Gasteiger partial charge >= 0.3 is 0 Å². The van der Waals surface area contributed by atoms with E-state index >= 15 is 0 Å². The molecule has 33 heavy (non-hydrogen) atoms. The van der Waals surface area contributed by atoms with Gasteiger partial charge in [0.05, 0.1) is 17.1 Å². The molecule has 3 nitrogen and oxygen atoms in total. The maximum atomic E-state index is 12.4. The third-order valence-corrected chi connectivity index (χ3v) is 9.76. The van der Waals surface area contributed by atoms with Crippen LogP contribution in [-0.2, 0) is 0 Å². The fourth-order valence-electron chi connectivity index (χ4n) is 7.03. The largest absolute Gasteiger partial charge is 0.393 e. The smallest absolute Gasteiger partial charge is 0.172 e. The topological polar surface area (TPSA) is 57.5 Å². The van der Waals surface area contributed by atoms with E-state index in [4.69, 9.17) is 0 Å². The van der Waals surface area contributed by atoms with Crippen LogP contribution < -0.4 is 0 Å². The van der Waals surface area contributed by atoms with Crippen molar-refractivity contribution < 1.29 is 15.0 Å². The van der Waals surface area contributed by atoms with Crippen molar-refractivity contribution in [2.75, 3.05) is 0 Å². The molecule has 3 fully saturated rings. The van der Waals surface area contributed by atoms with Crippen molar-refractivity contribution in [2.24, 2.45) is 23.2 Å². The van der Waals surface area contributed by atoms with E-state index in [9.17, 15) is 15.0 Å². The Balaban J connectivity index is 1.39. The van der Waals surface area contributed by atoms with Gasteiger partial charge in [0, 0.05) is 12.8 Å². The van der Waals surface area contributed by atoms with Crippen LogP contribution >= 0.6 is 11.3 Å². The lowest BCUT2D eigenvalue weighted by Crippen LogP contribution is -2.36. The lowest BCUT2D eigenvalue weighted by molar-refractivity contribution is 0.0859. The maximum Gasteiger partial charge on any atom is 0.172 e. The van der Waals surface area contributed by atoms with Gasteiger partial charge in [-0.3, -0.25) is 4.79 Å². The Morgan fingerprint density at radius 1 is 1.33 bits per heavy atom. The average Bonchev–Trinajstić information content (AvgIpc) is 3.43. The summed E-state index contributed by atoms with van der Waals surface area (Å²) >= 11 is 1.55. The number of carbonyl (C=O) groups excluding carboxylic acids is 1. The van der Waals surface area contributed by atoms with Crippen molar-refractivity contribution in [3.63, 3.8) is 0 Å². The molecule has 1 aromatic rings. The van der Waals surface area contributed by atoms with Crippen molar-refractivity contribution in [3.8, 4) is 0 Å². The van der Waals surface area contributed by atoms with E-state index in [0.29, 0.717) is 48.2 Å². The van der Waals surface area contributed by atoms with Crippen LogP contribution in [0.2, 0.25) is 0 Å². The quantitative estimate of drug-likeness (QED) is 0.429. The molecule has 0 bridgehead atoms. The summed E-state index contributed by atoms with van der Waals surface area (Å²) in [7, 11) is 0. The summed E-state index contributed by atoms with van der Waals surface area (Å²) in [6.07, 6.45) is 13.3. The number of rotatable bonds is 7. The van der Waals surface area contributed by atoms with Crippen molar-refractivity contribution in [1.29, 1.82) is 0 Å². The Kier molecular flexibility index (Phi) is 7.77. The average molecular weight is 469 g/mol. The van der Waals surface area contributed by atoms with E-state index in [1.165, 1.54) is 25.7 Å². The molecular formula is C29H40O3S. The summed E-state index contributed by atoms with van der Waals surface area (Å²) in [5.74, 6) is 2.26. The van der Waals surface area contributed by atoms with Crippen LogP contribution in [0.15, 0.2) is 53.0 Å². The SMILES string of the molecule is C=C1/C(=C\C=C2/CCC[C@]3(C)[C@@H]([C@@H](C)CCCC(=O)c4cccs4)CC[C@@H]23)C[C@@H](O)C[C@@H]1O. The Morgan fingerprint density at radius 2 is 2.15 bits per heavy atom. The number of Topliss-reactive ketones (excluding diaryl/α,β-unsaturated/α-hetero) is 1. The number of hydrogen-bond donors (Lipinski definition) is 2.